The maximum atomic E-state index is 4.50. The summed E-state index contributed by atoms with van der Waals surface area (Å²) in [6.45, 7) is 1.17. The zero-order valence-corrected chi connectivity index (χ0v) is 9.95. The number of H-pyrrole nitrogens is 1. The largest absolute Gasteiger partial charge is 0.341 e. The number of pyridine rings is 1. The molecule has 0 bridgehead atoms. The Labute approximate surface area is 101 Å². The number of aryl methyl sites for hydroxylation is 1. The van der Waals surface area contributed by atoms with Crippen LogP contribution in [0.25, 0.3) is 11.2 Å². The van der Waals surface area contributed by atoms with Crippen molar-refractivity contribution in [1.82, 2.24) is 20.3 Å². The minimum Gasteiger partial charge on any atom is -0.341 e. The Balaban J connectivity index is 1.64. The van der Waals surface area contributed by atoms with Crippen molar-refractivity contribution in [1.29, 1.82) is 0 Å². The lowest BCUT2D eigenvalue weighted by Crippen LogP contribution is -2.34. The van der Waals surface area contributed by atoms with Crippen LogP contribution in [-0.4, -0.2) is 27.5 Å². The highest BCUT2D eigenvalue weighted by Gasteiger charge is 2.13. The highest BCUT2D eigenvalue weighted by Crippen LogP contribution is 2.14. The molecule has 2 N–H and O–H groups in total. The SMILES string of the molecule is c1cnc2nc(CCC3CCCCN3)[nH]c2c1. The van der Waals surface area contributed by atoms with Gasteiger partial charge in [0.05, 0.1) is 5.52 Å². The number of imidazole rings is 1. The van der Waals surface area contributed by atoms with Crippen LogP contribution in [0.2, 0.25) is 0 Å². The smallest absolute Gasteiger partial charge is 0.177 e. The van der Waals surface area contributed by atoms with E-state index in [9.17, 15) is 0 Å². The predicted molar refractivity (Wildman–Crippen MR) is 67.9 cm³/mol. The van der Waals surface area contributed by atoms with E-state index >= 15 is 0 Å². The molecule has 3 heterocycles. The fourth-order valence-corrected chi connectivity index (χ4v) is 2.49. The van der Waals surface area contributed by atoms with Crippen molar-refractivity contribution in [3.8, 4) is 0 Å². The van der Waals surface area contributed by atoms with Gasteiger partial charge < -0.3 is 10.3 Å². The minimum atomic E-state index is 0.671. The van der Waals surface area contributed by atoms with Crippen LogP contribution in [-0.2, 0) is 6.42 Å². The van der Waals surface area contributed by atoms with E-state index in [1.165, 1.54) is 32.2 Å². The molecule has 3 rings (SSSR count). The van der Waals surface area contributed by atoms with Crippen molar-refractivity contribution in [2.45, 2.75) is 38.1 Å². The standard InChI is InChI=1S/C13H18N4/c1-2-8-14-10(4-1)6-7-12-16-11-5-3-9-15-13(11)17-12/h3,5,9-10,14H,1-2,4,6-8H2,(H,15,16,17). The maximum Gasteiger partial charge on any atom is 0.177 e. The summed E-state index contributed by atoms with van der Waals surface area (Å²) in [6, 6.07) is 4.63. The lowest BCUT2D eigenvalue weighted by atomic mass is 10.0. The molecule has 1 aliphatic rings. The molecule has 1 atom stereocenters. The zero-order valence-electron chi connectivity index (χ0n) is 9.95. The normalized spacial score (nSPS) is 20.8. The Morgan fingerprint density at radius 1 is 1.35 bits per heavy atom. The lowest BCUT2D eigenvalue weighted by Gasteiger charge is -2.22. The summed E-state index contributed by atoms with van der Waals surface area (Å²) in [5, 5.41) is 3.57. The highest BCUT2D eigenvalue weighted by atomic mass is 15.0. The summed E-state index contributed by atoms with van der Waals surface area (Å²) < 4.78 is 0. The van der Waals surface area contributed by atoms with Gasteiger partial charge in [-0.1, -0.05) is 6.42 Å². The number of nitrogens with one attached hydrogen (secondary N) is 2. The summed E-state index contributed by atoms with van der Waals surface area (Å²) >= 11 is 0. The summed E-state index contributed by atoms with van der Waals surface area (Å²) in [4.78, 5) is 12.1. The Morgan fingerprint density at radius 3 is 3.18 bits per heavy atom. The van der Waals surface area contributed by atoms with Gasteiger partial charge >= 0.3 is 0 Å². The first-order valence-corrected chi connectivity index (χ1v) is 6.45. The van der Waals surface area contributed by atoms with Crippen LogP contribution in [0.3, 0.4) is 0 Å². The second kappa shape index (κ2) is 4.84. The Kier molecular flexibility index (Phi) is 3.05. The van der Waals surface area contributed by atoms with E-state index in [1.807, 2.05) is 12.1 Å². The van der Waals surface area contributed by atoms with Crippen molar-refractivity contribution in [3.05, 3.63) is 24.2 Å². The topological polar surface area (TPSA) is 53.6 Å². The number of aromatic nitrogens is 3. The summed E-state index contributed by atoms with van der Waals surface area (Å²) in [6.07, 6.45) is 7.95. The maximum absolute atomic E-state index is 4.50. The van der Waals surface area contributed by atoms with Crippen molar-refractivity contribution in [2.24, 2.45) is 0 Å². The molecule has 0 radical (unpaired) electrons. The van der Waals surface area contributed by atoms with Crippen molar-refractivity contribution in [2.75, 3.05) is 6.54 Å². The van der Waals surface area contributed by atoms with Crippen LogP contribution in [0.15, 0.2) is 18.3 Å². The molecular weight excluding hydrogens is 212 g/mol. The fraction of sp³-hybridized carbons (Fsp3) is 0.538. The van der Waals surface area contributed by atoms with Gasteiger partial charge in [0.15, 0.2) is 5.65 Å². The average Bonchev–Trinajstić information content (AvgIpc) is 2.80. The Morgan fingerprint density at radius 2 is 2.35 bits per heavy atom. The van der Waals surface area contributed by atoms with Gasteiger partial charge in [-0.2, -0.15) is 0 Å². The number of hydrogen-bond donors (Lipinski definition) is 2. The molecule has 0 aliphatic carbocycles. The number of fused-ring (bicyclic) bond motifs is 1. The van der Waals surface area contributed by atoms with Crippen LogP contribution in [0.1, 0.15) is 31.5 Å². The van der Waals surface area contributed by atoms with Gasteiger partial charge in [-0.05, 0) is 37.9 Å². The van der Waals surface area contributed by atoms with Crippen LogP contribution < -0.4 is 5.32 Å². The lowest BCUT2D eigenvalue weighted by molar-refractivity contribution is 0.381. The molecule has 17 heavy (non-hydrogen) atoms. The average molecular weight is 230 g/mol. The predicted octanol–water partition coefficient (Wildman–Crippen LogP) is 2.03. The van der Waals surface area contributed by atoms with Crippen LogP contribution in [0.5, 0.6) is 0 Å². The van der Waals surface area contributed by atoms with Crippen LogP contribution >= 0.6 is 0 Å². The third-order valence-electron chi connectivity index (χ3n) is 3.45. The number of nitrogens with zero attached hydrogens (tertiary/aromatic N) is 2. The molecule has 0 spiro atoms. The van der Waals surface area contributed by atoms with E-state index in [2.05, 4.69) is 20.3 Å². The van der Waals surface area contributed by atoms with Gasteiger partial charge in [0.2, 0.25) is 0 Å². The first-order chi connectivity index (χ1) is 8.42. The molecule has 1 fully saturated rings. The molecule has 0 aromatic carbocycles. The van der Waals surface area contributed by atoms with E-state index in [4.69, 9.17) is 0 Å². The van der Waals surface area contributed by atoms with E-state index < -0.39 is 0 Å². The van der Waals surface area contributed by atoms with E-state index in [0.29, 0.717) is 6.04 Å². The third kappa shape index (κ3) is 2.47. The quantitative estimate of drug-likeness (QED) is 0.848. The highest BCUT2D eigenvalue weighted by molar-refractivity contribution is 5.69. The molecule has 90 valence electrons. The molecule has 1 unspecified atom stereocenters. The van der Waals surface area contributed by atoms with Crippen LogP contribution in [0, 0.1) is 0 Å². The minimum absolute atomic E-state index is 0.671. The number of piperidine rings is 1. The number of aromatic amines is 1. The molecule has 0 amide bonds. The van der Waals surface area contributed by atoms with Crippen LogP contribution in [0.4, 0.5) is 0 Å². The monoisotopic (exact) mass is 230 g/mol. The first kappa shape index (κ1) is 10.7. The van der Waals surface area contributed by atoms with Gasteiger partial charge in [0, 0.05) is 18.7 Å². The second-order valence-corrected chi connectivity index (χ2v) is 4.74. The fourth-order valence-electron chi connectivity index (χ4n) is 2.49. The zero-order chi connectivity index (χ0) is 11.5. The molecule has 1 saturated heterocycles. The molecule has 1 aliphatic heterocycles. The Hall–Kier alpha value is -1.42. The Bertz CT molecular complexity index is 452. The van der Waals surface area contributed by atoms with Gasteiger partial charge in [0.1, 0.15) is 5.82 Å². The van der Waals surface area contributed by atoms with Gasteiger partial charge in [-0.15, -0.1) is 0 Å². The van der Waals surface area contributed by atoms with E-state index in [0.717, 1.165) is 23.4 Å². The third-order valence-corrected chi connectivity index (χ3v) is 3.45. The molecule has 0 saturated carbocycles. The first-order valence-electron chi connectivity index (χ1n) is 6.45. The second-order valence-electron chi connectivity index (χ2n) is 4.74. The van der Waals surface area contributed by atoms with Gasteiger partial charge in [-0.3, -0.25) is 0 Å². The molecule has 2 aromatic rings. The summed E-state index contributed by atoms with van der Waals surface area (Å²) in [5.74, 6) is 1.06. The van der Waals surface area contributed by atoms with Gasteiger partial charge in [0.25, 0.3) is 0 Å². The van der Waals surface area contributed by atoms with E-state index in [-0.39, 0.29) is 0 Å². The molecule has 4 nitrogen and oxygen atoms in total. The van der Waals surface area contributed by atoms with E-state index in [1.54, 1.807) is 6.20 Å². The molecular formula is C13H18N4. The molecule has 2 aromatic heterocycles. The van der Waals surface area contributed by atoms with Crippen molar-refractivity contribution >= 4 is 11.2 Å². The summed E-state index contributed by atoms with van der Waals surface area (Å²) in [7, 11) is 0. The van der Waals surface area contributed by atoms with Crippen molar-refractivity contribution in [3.63, 3.8) is 0 Å². The van der Waals surface area contributed by atoms with Gasteiger partial charge in [-0.25, -0.2) is 9.97 Å². The summed E-state index contributed by atoms with van der Waals surface area (Å²) in [5.41, 5.74) is 1.87. The van der Waals surface area contributed by atoms with Crippen molar-refractivity contribution < 1.29 is 0 Å². The molecule has 4 heteroatoms. The number of hydrogen-bond acceptors (Lipinski definition) is 3. The number of rotatable bonds is 3.